The van der Waals surface area contributed by atoms with Crippen LogP contribution in [0.5, 0.6) is 0 Å². The van der Waals surface area contributed by atoms with Crippen LogP contribution >= 0.6 is 0 Å². The van der Waals surface area contributed by atoms with Crippen LogP contribution < -0.4 is 5.32 Å². The first-order valence-electron chi connectivity index (χ1n) is 4.02. The minimum atomic E-state index is 0.0127. The molecule has 0 aromatic rings. The lowest BCUT2D eigenvalue weighted by molar-refractivity contribution is -0.128. The predicted octanol–water partition coefficient (Wildman–Crippen LogP) is -0.357. The molecule has 0 saturated carbocycles. The fraction of sp³-hybridized carbons (Fsp3) is 0.750. The fourth-order valence-electron chi connectivity index (χ4n) is 0.657. The molecular weight excluding hydrogens is 156 g/mol. The van der Waals surface area contributed by atoms with E-state index < -0.39 is 0 Å². The van der Waals surface area contributed by atoms with Gasteiger partial charge in [-0.15, -0.1) is 0 Å². The Bertz CT molecular complexity index is 168. The van der Waals surface area contributed by atoms with E-state index >= 15 is 0 Å². The molecule has 0 rings (SSSR count). The molecule has 0 aliphatic carbocycles. The normalized spacial score (nSPS) is 9.58. The van der Waals surface area contributed by atoms with Crippen molar-refractivity contribution < 1.29 is 9.59 Å². The van der Waals surface area contributed by atoms with Gasteiger partial charge >= 0.3 is 0 Å². The van der Waals surface area contributed by atoms with Gasteiger partial charge in [0.1, 0.15) is 5.78 Å². The lowest BCUT2D eigenvalue weighted by atomic mass is 10.4. The van der Waals surface area contributed by atoms with Crippen molar-refractivity contribution in [3.8, 4) is 0 Å². The van der Waals surface area contributed by atoms with Crippen molar-refractivity contribution in [2.75, 3.05) is 26.7 Å². The molecule has 70 valence electrons. The lowest BCUT2D eigenvalue weighted by Gasteiger charge is -2.14. The van der Waals surface area contributed by atoms with E-state index in [4.69, 9.17) is 0 Å². The van der Waals surface area contributed by atoms with Gasteiger partial charge in [0.2, 0.25) is 5.91 Å². The first-order chi connectivity index (χ1) is 5.57. The summed E-state index contributed by atoms with van der Waals surface area (Å²) in [4.78, 5) is 23.2. The zero-order valence-electron chi connectivity index (χ0n) is 7.89. The summed E-state index contributed by atoms with van der Waals surface area (Å²) in [5.74, 6) is 0.0562. The number of likely N-dealkylation sites (N-methyl/N-ethyl adjacent to an activating group) is 1. The van der Waals surface area contributed by atoms with Crippen LogP contribution in [-0.2, 0) is 9.59 Å². The van der Waals surface area contributed by atoms with Crippen LogP contribution in [0.15, 0.2) is 0 Å². The first kappa shape index (κ1) is 11.1. The average molecular weight is 172 g/mol. The molecule has 1 N–H and O–H groups in total. The molecule has 0 aliphatic rings. The molecule has 0 unspecified atom stereocenters. The van der Waals surface area contributed by atoms with Gasteiger partial charge in [0, 0.05) is 13.6 Å². The van der Waals surface area contributed by atoms with E-state index in [2.05, 4.69) is 5.32 Å². The molecule has 0 radical (unpaired) electrons. The van der Waals surface area contributed by atoms with Gasteiger partial charge in [-0.1, -0.05) is 0 Å². The second-order valence-electron chi connectivity index (χ2n) is 2.71. The molecule has 12 heavy (non-hydrogen) atoms. The maximum Gasteiger partial charge on any atom is 0.236 e. The molecule has 4 nitrogen and oxygen atoms in total. The number of nitrogens with zero attached hydrogens (tertiary/aromatic N) is 1. The Hall–Kier alpha value is -0.900. The van der Waals surface area contributed by atoms with E-state index in [1.807, 2.05) is 6.92 Å². The van der Waals surface area contributed by atoms with Crippen LogP contribution in [0.25, 0.3) is 0 Å². The van der Waals surface area contributed by atoms with Gasteiger partial charge in [0.05, 0.1) is 13.1 Å². The molecule has 0 heterocycles. The topological polar surface area (TPSA) is 49.4 Å². The second-order valence-corrected chi connectivity index (χ2v) is 2.71. The van der Waals surface area contributed by atoms with Gasteiger partial charge in [-0.25, -0.2) is 0 Å². The molecule has 4 heteroatoms. The minimum Gasteiger partial charge on any atom is -0.345 e. The quantitative estimate of drug-likeness (QED) is 0.616. The maximum absolute atomic E-state index is 11.1. The molecule has 0 aliphatic heterocycles. The monoisotopic (exact) mass is 172 g/mol. The van der Waals surface area contributed by atoms with Crippen LogP contribution in [0.2, 0.25) is 0 Å². The Kier molecular flexibility index (Phi) is 5.28. The van der Waals surface area contributed by atoms with Gasteiger partial charge in [-0.05, 0) is 13.8 Å². The van der Waals surface area contributed by atoms with Gasteiger partial charge < -0.3 is 10.2 Å². The summed E-state index contributed by atoms with van der Waals surface area (Å²) >= 11 is 0. The Labute approximate surface area is 72.9 Å². The Morgan fingerprint density at radius 2 is 1.92 bits per heavy atom. The van der Waals surface area contributed by atoms with Crippen molar-refractivity contribution in [1.82, 2.24) is 10.2 Å². The van der Waals surface area contributed by atoms with Crippen molar-refractivity contribution >= 4 is 11.7 Å². The van der Waals surface area contributed by atoms with Crippen LogP contribution in [0.4, 0.5) is 0 Å². The third-order valence-electron chi connectivity index (χ3n) is 1.55. The summed E-state index contributed by atoms with van der Waals surface area (Å²) in [5.41, 5.74) is 0. The number of hydrogen-bond donors (Lipinski definition) is 1. The van der Waals surface area contributed by atoms with Crippen molar-refractivity contribution in [3.05, 3.63) is 0 Å². The van der Waals surface area contributed by atoms with Crippen LogP contribution in [0.3, 0.4) is 0 Å². The number of rotatable bonds is 5. The van der Waals surface area contributed by atoms with Crippen LogP contribution in [0.1, 0.15) is 13.8 Å². The molecule has 0 atom stereocenters. The van der Waals surface area contributed by atoms with Gasteiger partial charge in [0.25, 0.3) is 0 Å². The van der Waals surface area contributed by atoms with E-state index in [9.17, 15) is 9.59 Å². The number of Topliss-reactive ketones (excluding diaryl/α,β-unsaturated/α-hetero) is 1. The summed E-state index contributed by atoms with van der Waals surface area (Å²) in [5, 5.41) is 2.76. The predicted molar refractivity (Wildman–Crippen MR) is 46.9 cm³/mol. The van der Waals surface area contributed by atoms with Crippen LogP contribution in [0, 0.1) is 0 Å². The zero-order valence-corrected chi connectivity index (χ0v) is 7.89. The van der Waals surface area contributed by atoms with E-state index in [0.29, 0.717) is 6.54 Å². The number of nitrogens with one attached hydrogen (secondary N) is 1. The Balaban J connectivity index is 3.50. The SMILES string of the molecule is CCN(C)C(=O)CNCC(C)=O. The lowest BCUT2D eigenvalue weighted by Crippen LogP contribution is -2.36. The second kappa shape index (κ2) is 5.71. The van der Waals surface area contributed by atoms with Gasteiger partial charge in [-0.2, -0.15) is 0 Å². The largest absolute Gasteiger partial charge is 0.345 e. The maximum atomic E-state index is 11.1. The molecule has 0 aromatic heterocycles. The summed E-state index contributed by atoms with van der Waals surface area (Å²) in [6.07, 6.45) is 0. The number of carbonyl (C=O) groups is 2. The smallest absolute Gasteiger partial charge is 0.236 e. The highest BCUT2D eigenvalue weighted by Crippen LogP contribution is 1.81. The highest BCUT2D eigenvalue weighted by Gasteiger charge is 2.04. The molecule has 1 amide bonds. The Morgan fingerprint density at radius 3 is 2.33 bits per heavy atom. The average Bonchev–Trinajstić information content (AvgIpc) is 2.02. The molecule has 0 saturated heterocycles. The number of amides is 1. The third-order valence-corrected chi connectivity index (χ3v) is 1.55. The summed E-state index contributed by atoms with van der Waals surface area (Å²) in [6, 6.07) is 0. The summed E-state index contributed by atoms with van der Waals surface area (Å²) in [7, 11) is 1.73. The van der Waals surface area contributed by atoms with Crippen LogP contribution in [-0.4, -0.2) is 43.3 Å². The first-order valence-corrected chi connectivity index (χ1v) is 4.02. The zero-order chi connectivity index (χ0) is 9.56. The number of ketones is 1. The molecule has 0 bridgehead atoms. The molecule has 0 spiro atoms. The standard InChI is InChI=1S/C8H16N2O2/c1-4-10(3)8(12)6-9-5-7(2)11/h9H,4-6H2,1-3H3. The Morgan fingerprint density at radius 1 is 1.33 bits per heavy atom. The van der Waals surface area contributed by atoms with E-state index in [-0.39, 0.29) is 24.8 Å². The van der Waals surface area contributed by atoms with Crippen molar-refractivity contribution in [1.29, 1.82) is 0 Å². The number of hydrogen-bond acceptors (Lipinski definition) is 3. The highest BCUT2D eigenvalue weighted by atomic mass is 16.2. The van der Waals surface area contributed by atoms with Crippen molar-refractivity contribution in [2.24, 2.45) is 0 Å². The fourth-order valence-corrected chi connectivity index (χ4v) is 0.657. The molecule has 0 fully saturated rings. The minimum absolute atomic E-state index is 0.0127. The van der Waals surface area contributed by atoms with E-state index in [0.717, 1.165) is 0 Å². The molecule has 0 aromatic carbocycles. The van der Waals surface area contributed by atoms with Crippen molar-refractivity contribution in [3.63, 3.8) is 0 Å². The number of carbonyl (C=O) groups excluding carboxylic acids is 2. The molecular formula is C8H16N2O2. The van der Waals surface area contributed by atoms with E-state index in [1.54, 1.807) is 11.9 Å². The van der Waals surface area contributed by atoms with E-state index in [1.165, 1.54) is 6.92 Å². The highest BCUT2D eigenvalue weighted by molar-refractivity contribution is 5.80. The van der Waals surface area contributed by atoms with Gasteiger partial charge in [0.15, 0.2) is 0 Å². The van der Waals surface area contributed by atoms with Gasteiger partial charge in [-0.3, -0.25) is 9.59 Å². The third kappa shape index (κ3) is 4.85. The summed E-state index contributed by atoms with van der Waals surface area (Å²) < 4.78 is 0. The summed E-state index contributed by atoms with van der Waals surface area (Å²) in [6.45, 7) is 4.59. The van der Waals surface area contributed by atoms with Crippen molar-refractivity contribution in [2.45, 2.75) is 13.8 Å².